The Bertz CT molecular complexity index is 384. The first-order valence-corrected chi connectivity index (χ1v) is 8.31. The van der Waals surface area contributed by atoms with Gasteiger partial charge in [-0.1, -0.05) is 0 Å². The maximum Gasteiger partial charge on any atom is 0.320 e. The average molecular weight is 312 g/mol. The number of amides is 1. The number of nitrogens with zero attached hydrogens (tertiary/aromatic N) is 2. The second-order valence-electron chi connectivity index (χ2n) is 6.36. The molecule has 2 aliphatic heterocycles. The van der Waals surface area contributed by atoms with E-state index in [-0.39, 0.29) is 30.0 Å². The van der Waals surface area contributed by atoms with Crippen molar-refractivity contribution in [1.82, 2.24) is 9.80 Å². The predicted octanol–water partition coefficient (Wildman–Crippen LogP) is 0.897. The van der Waals surface area contributed by atoms with Crippen molar-refractivity contribution in [2.75, 3.05) is 39.3 Å². The van der Waals surface area contributed by atoms with Gasteiger partial charge in [-0.3, -0.25) is 14.5 Å². The molecule has 126 valence electrons. The zero-order chi connectivity index (χ0) is 16.1. The summed E-state index contributed by atoms with van der Waals surface area (Å²) in [4.78, 5) is 28.2. The summed E-state index contributed by atoms with van der Waals surface area (Å²) < 4.78 is 10.7. The van der Waals surface area contributed by atoms with Crippen molar-refractivity contribution < 1.29 is 19.1 Å². The molecule has 6 nitrogen and oxygen atoms in total. The van der Waals surface area contributed by atoms with E-state index in [2.05, 4.69) is 4.90 Å². The van der Waals surface area contributed by atoms with Gasteiger partial charge in [0.05, 0.1) is 25.4 Å². The van der Waals surface area contributed by atoms with Crippen molar-refractivity contribution in [2.45, 2.75) is 45.8 Å². The number of piperidine rings is 1. The normalized spacial score (nSPS) is 27.7. The van der Waals surface area contributed by atoms with Crippen LogP contribution in [-0.2, 0) is 19.1 Å². The third-order valence-electron chi connectivity index (χ3n) is 4.33. The summed E-state index contributed by atoms with van der Waals surface area (Å²) in [5.74, 6) is 0.150. The molecule has 0 spiro atoms. The van der Waals surface area contributed by atoms with E-state index in [1.807, 2.05) is 25.7 Å². The zero-order valence-corrected chi connectivity index (χ0v) is 13.9. The number of hydrogen-bond donors (Lipinski definition) is 0. The lowest BCUT2D eigenvalue weighted by Crippen LogP contribution is -2.51. The minimum atomic E-state index is -0.178. The van der Waals surface area contributed by atoms with Gasteiger partial charge in [-0.25, -0.2) is 0 Å². The highest BCUT2D eigenvalue weighted by molar-refractivity contribution is 5.79. The maximum absolute atomic E-state index is 12.6. The van der Waals surface area contributed by atoms with E-state index >= 15 is 0 Å². The Morgan fingerprint density at radius 3 is 2.27 bits per heavy atom. The molecule has 2 rings (SSSR count). The number of morpholine rings is 1. The molecular formula is C16H28N2O4. The molecular weight excluding hydrogens is 284 g/mol. The van der Waals surface area contributed by atoms with Crippen molar-refractivity contribution in [1.29, 1.82) is 0 Å². The van der Waals surface area contributed by atoms with Crippen molar-refractivity contribution in [3.63, 3.8) is 0 Å². The largest absolute Gasteiger partial charge is 0.465 e. The van der Waals surface area contributed by atoms with Crippen LogP contribution in [0.4, 0.5) is 0 Å². The van der Waals surface area contributed by atoms with Gasteiger partial charge in [-0.2, -0.15) is 0 Å². The Balaban J connectivity index is 1.78. The van der Waals surface area contributed by atoms with Gasteiger partial charge >= 0.3 is 5.97 Å². The Hall–Kier alpha value is -1.14. The smallest absolute Gasteiger partial charge is 0.320 e. The van der Waals surface area contributed by atoms with Gasteiger partial charge in [0.25, 0.3) is 0 Å². The molecule has 2 fully saturated rings. The van der Waals surface area contributed by atoms with E-state index in [4.69, 9.17) is 9.47 Å². The zero-order valence-electron chi connectivity index (χ0n) is 13.9. The molecule has 6 heteroatoms. The highest BCUT2D eigenvalue weighted by atomic mass is 16.5. The van der Waals surface area contributed by atoms with E-state index in [1.165, 1.54) is 0 Å². The summed E-state index contributed by atoms with van der Waals surface area (Å²) in [6.07, 6.45) is 1.85. The third-order valence-corrected chi connectivity index (χ3v) is 4.33. The van der Waals surface area contributed by atoms with Crippen LogP contribution in [0.1, 0.15) is 33.6 Å². The van der Waals surface area contributed by atoms with Gasteiger partial charge in [-0.15, -0.1) is 0 Å². The van der Waals surface area contributed by atoms with Gasteiger partial charge in [0.2, 0.25) is 5.91 Å². The van der Waals surface area contributed by atoms with Gasteiger partial charge in [-0.05, 0) is 46.7 Å². The fourth-order valence-corrected chi connectivity index (χ4v) is 3.34. The Labute approximate surface area is 132 Å². The minimum absolute atomic E-state index is 0.0796. The molecule has 0 aromatic heterocycles. The van der Waals surface area contributed by atoms with E-state index in [9.17, 15) is 9.59 Å². The predicted molar refractivity (Wildman–Crippen MR) is 82.4 cm³/mol. The lowest BCUT2D eigenvalue weighted by Gasteiger charge is -2.39. The van der Waals surface area contributed by atoms with Gasteiger partial charge in [0.1, 0.15) is 0 Å². The molecule has 2 atom stereocenters. The van der Waals surface area contributed by atoms with E-state index in [0.717, 1.165) is 25.9 Å². The van der Waals surface area contributed by atoms with Crippen LogP contribution >= 0.6 is 0 Å². The SMILES string of the molecule is CCOC(=O)CN1CCC(C(=O)N2C[C@H](C)O[C@@H](C)C2)CC1. The average Bonchev–Trinajstić information content (AvgIpc) is 2.46. The van der Waals surface area contributed by atoms with Crippen LogP contribution in [0.3, 0.4) is 0 Å². The summed E-state index contributed by atoms with van der Waals surface area (Å²) in [5, 5.41) is 0. The number of carbonyl (C=O) groups is 2. The van der Waals surface area contributed by atoms with Crippen molar-refractivity contribution in [3.05, 3.63) is 0 Å². The molecule has 1 amide bonds. The minimum Gasteiger partial charge on any atom is -0.465 e. The van der Waals surface area contributed by atoms with E-state index < -0.39 is 0 Å². The van der Waals surface area contributed by atoms with Gasteiger partial charge < -0.3 is 14.4 Å². The molecule has 0 aromatic carbocycles. The molecule has 0 bridgehead atoms. The standard InChI is InChI=1S/C16H28N2O4/c1-4-21-15(19)11-17-7-5-14(6-8-17)16(20)18-9-12(2)22-13(3)10-18/h12-14H,4-11H2,1-3H3/t12-,13-/m0/s1. The molecule has 0 radical (unpaired) electrons. The Kier molecular flexibility index (Phi) is 6.20. The number of rotatable bonds is 4. The summed E-state index contributed by atoms with van der Waals surface area (Å²) in [5.41, 5.74) is 0. The number of ether oxygens (including phenoxy) is 2. The molecule has 22 heavy (non-hydrogen) atoms. The first-order valence-electron chi connectivity index (χ1n) is 8.31. The molecule has 0 aromatic rings. The highest BCUT2D eigenvalue weighted by Crippen LogP contribution is 2.22. The second-order valence-corrected chi connectivity index (χ2v) is 6.36. The topological polar surface area (TPSA) is 59.1 Å². The fraction of sp³-hybridized carbons (Fsp3) is 0.875. The highest BCUT2D eigenvalue weighted by Gasteiger charge is 2.32. The van der Waals surface area contributed by atoms with Crippen molar-refractivity contribution in [2.24, 2.45) is 5.92 Å². The molecule has 2 heterocycles. The van der Waals surface area contributed by atoms with Gasteiger partial charge in [0.15, 0.2) is 0 Å². The lowest BCUT2D eigenvalue weighted by atomic mass is 9.94. The first-order chi connectivity index (χ1) is 10.5. The van der Waals surface area contributed by atoms with E-state index in [0.29, 0.717) is 26.2 Å². The molecule has 2 aliphatic rings. The number of likely N-dealkylation sites (tertiary alicyclic amines) is 1. The molecule has 0 aliphatic carbocycles. The second kappa shape index (κ2) is 7.92. The summed E-state index contributed by atoms with van der Waals surface area (Å²) >= 11 is 0. The third kappa shape index (κ3) is 4.68. The van der Waals surface area contributed by atoms with Crippen molar-refractivity contribution in [3.8, 4) is 0 Å². The number of carbonyl (C=O) groups excluding carboxylic acids is 2. The van der Waals surface area contributed by atoms with Crippen LogP contribution in [0.15, 0.2) is 0 Å². The number of esters is 1. The van der Waals surface area contributed by atoms with Crippen LogP contribution in [-0.4, -0.2) is 73.2 Å². The molecule has 0 N–H and O–H groups in total. The molecule has 0 saturated carbocycles. The van der Waals surface area contributed by atoms with Gasteiger partial charge in [0, 0.05) is 19.0 Å². The first kappa shape index (κ1) is 17.2. The fourth-order valence-electron chi connectivity index (χ4n) is 3.34. The monoisotopic (exact) mass is 312 g/mol. The summed E-state index contributed by atoms with van der Waals surface area (Å²) in [6.45, 7) is 9.53. The van der Waals surface area contributed by atoms with Crippen LogP contribution in [0, 0.1) is 5.92 Å². The quantitative estimate of drug-likeness (QED) is 0.722. The van der Waals surface area contributed by atoms with E-state index in [1.54, 1.807) is 0 Å². The van der Waals surface area contributed by atoms with Crippen LogP contribution < -0.4 is 0 Å². The Morgan fingerprint density at radius 2 is 1.73 bits per heavy atom. The van der Waals surface area contributed by atoms with Crippen LogP contribution in [0.5, 0.6) is 0 Å². The lowest BCUT2D eigenvalue weighted by molar-refractivity contribution is -0.149. The van der Waals surface area contributed by atoms with Crippen LogP contribution in [0.25, 0.3) is 0 Å². The number of hydrogen-bond acceptors (Lipinski definition) is 5. The molecule has 0 unspecified atom stereocenters. The Morgan fingerprint density at radius 1 is 1.14 bits per heavy atom. The molecule has 2 saturated heterocycles. The van der Waals surface area contributed by atoms with Crippen LogP contribution in [0.2, 0.25) is 0 Å². The summed E-state index contributed by atoms with van der Waals surface area (Å²) in [6, 6.07) is 0. The summed E-state index contributed by atoms with van der Waals surface area (Å²) in [7, 11) is 0. The van der Waals surface area contributed by atoms with Crippen molar-refractivity contribution >= 4 is 11.9 Å². The maximum atomic E-state index is 12.6.